The standard InChI is InChI=1S/C73H142O6/c1-4-7-10-13-16-18-20-22-24-26-28-30-31-32-33-34-35-36-37-38-39-40-41-42-43-44-46-47-49-51-53-55-57-60-63-66-72(75)78-69-70(68-77-71(74)65-62-59-15-12-9-6-3)79-73(76)67-64-61-58-56-54-52-50-48-45-29-27-25-23-21-19-17-14-11-8-5-2/h70H,4-69H2,1-3H3. The largest absolute Gasteiger partial charge is 0.462 e. The van der Waals surface area contributed by atoms with E-state index in [-0.39, 0.29) is 31.1 Å². The van der Waals surface area contributed by atoms with Crippen molar-refractivity contribution in [3.63, 3.8) is 0 Å². The summed E-state index contributed by atoms with van der Waals surface area (Å²) in [5.41, 5.74) is 0. The first kappa shape index (κ1) is 77.4. The number of esters is 3. The predicted octanol–water partition coefficient (Wildman–Crippen LogP) is 25.0. The topological polar surface area (TPSA) is 78.9 Å². The molecule has 0 fully saturated rings. The number of carbonyl (C=O) groups is 3. The average Bonchev–Trinajstić information content (AvgIpc) is 3.45. The van der Waals surface area contributed by atoms with Gasteiger partial charge in [-0.3, -0.25) is 14.4 Å². The van der Waals surface area contributed by atoms with Gasteiger partial charge < -0.3 is 14.2 Å². The molecule has 0 amide bonds. The van der Waals surface area contributed by atoms with E-state index in [4.69, 9.17) is 14.2 Å². The minimum absolute atomic E-state index is 0.0617. The van der Waals surface area contributed by atoms with Crippen LogP contribution in [0.15, 0.2) is 0 Å². The number of hydrogen-bond donors (Lipinski definition) is 0. The second-order valence-corrected chi connectivity index (χ2v) is 25.2. The molecule has 0 saturated heterocycles. The molecule has 0 aliphatic carbocycles. The maximum absolute atomic E-state index is 12.9. The maximum Gasteiger partial charge on any atom is 0.306 e. The molecule has 6 nitrogen and oxygen atoms in total. The molecule has 0 N–H and O–H groups in total. The van der Waals surface area contributed by atoms with Crippen LogP contribution < -0.4 is 0 Å². The van der Waals surface area contributed by atoms with Crippen LogP contribution in [0.5, 0.6) is 0 Å². The first-order valence-corrected chi connectivity index (χ1v) is 36.5. The number of hydrogen-bond acceptors (Lipinski definition) is 6. The highest BCUT2D eigenvalue weighted by Gasteiger charge is 2.20. The summed E-state index contributed by atoms with van der Waals surface area (Å²) in [5.74, 6) is -0.838. The lowest BCUT2D eigenvalue weighted by Crippen LogP contribution is -2.30. The van der Waals surface area contributed by atoms with Gasteiger partial charge in [-0.1, -0.05) is 393 Å². The average molecular weight is 1120 g/mol. The molecule has 1 atom stereocenters. The maximum atomic E-state index is 12.9. The normalized spacial score (nSPS) is 11.9. The zero-order valence-electron chi connectivity index (χ0n) is 54.2. The van der Waals surface area contributed by atoms with Crippen molar-refractivity contribution in [3.05, 3.63) is 0 Å². The molecule has 0 aromatic carbocycles. The molecule has 0 saturated carbocycles. The Morgan fingerprint density at radius 1 is 0.203 bits per heavy atom. The Hall–Kier alpha value is -1.59. The van der Waals surface area contributed by atoms with Crippen LogP contribution in [0.1, 0.15) is 432 Å². The van der Waals surface area contributed by atoms with Crippen LogP contribution in [0.3, 0.4) is 0 Å². The third kappa shape index (κ3) is 67.1. The van der Waals surface area contributed by atoms with Crippen molar-refractivity contribution in [1.82, 2.24) is 0 Å². The van der Waals surface area contributed by atoms with Gasteiger partial charge in [0.05, 0.1) is 0 Å². The Kier molecular flexibility index (Phi) is 67.5. The molecule has 79 heavy (non-hydrogen) atoms. The van der Waals surface area contributed by atoms with Crippen molar-refractivity contribution in [2.45, 2.75) is 438 Å². The molecule has 0 aromatic rings. The minimum atomic E-state index is -0.761. The molecule has 470 valence electrons. The molecule has 1 unspecified atom stereocenters. The monoisotopic (exact) mass is 1120 g/mol. The van der Waals surface area contributed by atoms with E-state index in [1.165, 1.54) is 334 Å². The van der Waals surface area contributed by atoms with Crippen LogP contribution >= 0.6 is 0 Å². The van der Waals surface area contributed by atoms with Crippen molar-refractivity contribution < 1.29 is 28.6 Å². The van der Waals surface area contributed by atoms with Crippen LogP contribution in [0, 0.1) is 0 Å². The predicted molar refractivity (Wildman–Crippen MR) is 344 cm³/mol. The van der Waals surface area contributed by atoms with Gasteiger partial charge in [0.1, 0.15) is 13.2 Å². The molecule has 0 aromatic heterocycles. The molecular formula is C73H142O6. The van der Waals surface area contributed by atoms with E-state index in [9.17, 15) is 14.4 Å². The quantitative estimate of drug-likeness (QED) is 0.0343. The lowest BCUT2D eigenvalue weighted by Gasteiger charge is -2.18. The highest BCUT2D eigenvalue weighted by atomic mass is 16.6. The van der Waals surface area contributed by atoms with Crippen molar-refractivity contribution in [2.75, 3.05) is 13.2 Å². The summed E-state index contributed by atoms with van der Waals surface area (Å²) < 4.78 is 16.9. The van der Waals surface area contributed by atoms with Gasteiger partial charge in [0.25, 0.3) is 0 Å². The van der Waals surface area contributed by atoms with E-state index < -0.39 is 6.10 Å². The molecule has 0 aliphatic heterocycles. The molecule has 0 radical (unpaired) electrons. The third-order valence-electron chi connectivity index (χ3n) is 17.1. The van der Waals surface area contributed by atoms with Crippen LogP contribution in [0.25, 0.3) is 0 Å². The van der Waals surface area contributed by atoms with Gasteiger partial charge in [-0.25, -0.2) is 0 Å². The van der Waals surface area contributed by atoms with E-state index in [0.29, 0.717) is 19.3 Å². The number of rotatable bonds is 69. The van der Waals surface area contributed by atoms with Crippen molar-refractivity contribution in [1.29, 1.82) is 0 Å². The van der Waals surface area contributed by atoms with Crippen molar-refractivity contribution in [3.8, 4) is 0 Å². The van der Waals surface area contributed by atoms with Gasteiger partial charge >= 0.3 is 17.9 Å². The molecular weight excluding hydrogens is 973 g/mol. The van der Waals surface area contributed by atoms with Crippen LogP contribution in [0.2, 0.25) is 0 Å². The third-order valence-corrected chi connectivity index (χ3v) is 17.1. The summed E-state index contributed by atoms with van der Waals surface area (Å²) in [6, 6.07) is 0. The number of ether oxygens (including phenoxy) is 3. The summed E-state index contributed by atoms with van der Waals surface area (Å²) in [7, 11) is 0. The fraction of sp³-hybridized carbons (Fsp3) is 0.959. The first-order chi connectivity index (χ1) is 39.0. The van der Waals surface area contributed by atoms with Gasteiger partial charge in [-0.05, 0) is 19.3 Å². The SMILES string of the molecule is CCCCCCCCCCCCCCCCCCCCCCCCCCCCCCCCCCCCCC(=O)OCC(COC(=O)CCCCCCCC)OC(=O)CCCCCCCCCCCCCCCCCCCCCC. The Balaban J connectivity index is 3.86. The Morgan fingerprint density at radius 2 is 0.342 bits per heavy atom. The lowest BCUT2D eigenvalue weighted by atomic mass is 10.0. The molecule has 0 rings (SSSR count). The fourth-order valence-electron chi connectivity index (χ4n) is 11.6. The molecule has 0 heterocycles. The lowest BCUT2D eigenvalue weighted by molar-refractivity contribution is -0.167. The molecule has 0 spiro atoms. The first-order valence-electron chi connectivity index (χ1n) is 36.5. The summed E-state index contributed by atoms with van der Waals surface area (Å²) in [5, 5.41) is 0. The van der Waals surface area contributed by atoms with E-state index in [0.717, 1.165) is 57.8 Å². The zero-order valence-corrected chi connectivity index (χ0v) is 54.2. The smallest absolute Gasteiger partial charge is 0.306 e. The second kappa shape index (κ2) is 68.9. The van der Waals surface area contributed by atoms with Gasteiger partial charge in [-0.2, -0.15) is 0 Å². The second-order valence-electron chi connectivity index (χ2n) is 25.2. The highest BCUT2D eigenvalue weighted by molar-refractivity contribution is 5.71. The van der Waals surface area contributed by atoms with E-state index in [1.54, 1.807) is 0 Å². The van der Waals surface area contributed by atoms with Gasteiger partial charge in [0.2, 0.25) is 0 Å². The Labute approximate surface area is 495 Å². The summed E-state index contributed by atoms with van der Waals surface area (Å²) >= 11 is 0. The van der Waals surface area contributed by atoms with Gasteiger partial charge in [0, 0.05) is 19.3 Å². The molecule has 6 heteroatoms. The van der Waals surface area contributed by atoms with Crippen molar-refractivity contribution >= 4 is 17.9 Å². The Morgan fingerprint density at radius 3 is 0.506 bits per heavy atom. The number of carbonyl (C=O) groups excluding carboxylic acids is 3. The Bertz CT molecular complexity index is 1190. The number of unbranched alkanes of at least 4 members (excludes halogenated alkanes) is 58. The summed E-state index contributed by atoms with van der Waals surface area (Å²) in [6.45, 7) is 6.67. The summed E-state index contributed by atoms with van der Waals surface area (Å²) in [6.07, 6.45) is 82.1. The molecule has 0 bridgehead atoms. The van der Waals surface area contributed by atoms with Crippen molar-refractivity contribution in [2.24, 2.45) is 0 Å². The van der Waals surface area contributed by atoms with E-state index >= 15 is 0 Å². The highest BCUT2D eigenvalue weighted by Crippen LogP contribution is 2.20. The van der Waals surface area contributed by atoms with Gasteiger partial charge in [0.15, 0.2) is 6.10 Å². The molecule has 0 aliphatic rings. The zero-order chi connectivity index (χ0) is 57.1. The van der Waals surface area contributed by atoms with Gasteiger partial charge in [-0.15, -0.1) is 0 Å². The fourth-order valence-corrected chi connectivity index (χ4v) is 11.6. The van der Waals surface area contributed by atoms with E-state index in [2.05, 4.69) is 20.8 Å². The summed E-state index contributed by atoms with van der Waals surface area (Å²) in [4.78, 5) is 38.1. The van der Waals surface area contributed by atoms with Crippen LogP contribution in [0.4, 0.5) is 0 Å². The minimum Gasteiger partial charge on any atom is -0.462 e. The van der Waals surface area contributed by atoms with E-state index in [1.807, 2.05) is 0 Å². The van der Waals surface area contributed by atoms with Crippen LogP contribution in [-0.4, -0.2) is 37.2 Å². The van der Waals surface area contributed by atoms with Crippen LogP contribution in [-0.2, 0) is 28.6 Å².